The summed E-state index contributed by atoms with van der Waals surface area (Å²) in [5.74, 6) is 0. The molecule has 0 heterocycles. The molecule has 0 radical (unpaired) electrons. The molecule has 16 heavy (non-hydrogen) atoms. The van der Waals surface area contributed by atoms with Crippen molar-refractivity contribution in [3.05, 3.63) is 0 Å². The van der Waals surface area contributed by atoms with Gasteiger partial charge in [-0.2, -0.15) is 28.0 Å². The monoisotopic (exact) mass is 280 g/mol. The molecule has 2 unspecified atom stereocenters. The number of halogens is 2. The molecule has 1 aliphatic carbocycles. The highest BCUT2D eigenvalue weighted by atomic mass is 35.7. The van der Waals surface area contributed by atoms with Gasteiger partial charge in [-0.3, -0.25) is 0 Å². The van der Waals surface area contributed by atoms with Crippen LogP contribution in [0.3, 0.4) is 0 Å². The molecule has 0 N–H and O–H groups in total. The van der Waals surface area contributed by atoms with Gasteiger partial charge in [0.1, 0.15) is 0 Å². The van der Waals surface area contributed by atoms with E-state index in [0.29, 0.717) is 12.8 Å². The van der Waals surface area contributed by atoms with Crippen molar-refractivity contribution in [1.82, 2.24) is 0 Å². The van der Waals surface area contributed by atoms with E-state index in [-0.39, 0.29) is 12.8 Å². The Bertz CT molecular complexity index is 200. The zero-order chi connectivity index (χ0) is 12.4. The number of hydrogen-bond acceptors (Lipinski definition) is 8. The first kappa shape index (κ1) is 14.3. The molecule has 2 atom stereocenters. The van der Waals surface area contributed by atoms with Gasteiger partial charge in [-0.15, -0.1) is 0 Å². The van der Waals surface area contributed by atoms with Gasteiger partial charge in [0.15, 0.2) is 0 Å². The maximum atomic E-state index is 10.3. The predicted molar refractivity (Wildman–Crippen MR) is 28.2 cm³/mol. The van der Waals surface area contributed by atoms with Crippen LogP contribution in [-0.4, -0.2) is 12.2 Å². The van der Waals surface area contributed by atoms with Crippen molar-refractivity contribution in [2.75, 3.05) is 0 Å². The molecule has 0 aromatic heterocycles. The molecule has 10 heteroatoms. The lowest BCUT2D eigenvalue weighted by Crippen LogP contribution is -2.66. The highest BCUT2D eigenvalue weighted by Gasteiger charge is 2.46. The predicted octanol–water partition coefficient (Wildman–Crippen LogP) is -5.87. The van der Waals surface area contributed by atoms with E-state index in [0.717, 1.165) is 0 Å². The molecule has 96 valence electrons. The lowest BCUT2D eigenvalue weighted by atomic mass is 9.95. The summed E-state index contributed by atoms with van der Waals surface area (Å²) in [5.41, 5.74) is 0. The van der Waals surface area contributed by atoms with Gasteiger partial charge in [0.2, 0.25) is 0 Å². The average Bonchev–Trinajstić information content (AvgIpc) is 2.03. The van der Waals surface area contributed by atoms with Gasteiger partial charge < -0.3 is 0 Å². The molecule has 0 aromatic rings. The average molecular weight is 281 g/mol. The Kier molecular flexibility index (Phi) is 4.72. The van der Waals surface area contributed by atoms with Crippen LogP contribution >= 0.6 is 0 Å². The summed E-state index contributed by atoms with van der Waals surface area (Å²) in [6.45, 7) is 0. The van der Waals surface area contributed by atoms with Crippen LogP contribution in [0.15, 0.2) is 0 Å². The zero-order valence-corrected chi connectivity index (χ0v) is 9.52. The minimum absolute atomic E-state index is 0.143. The second-order valence-corrected chi connectivity index (χ2v) is 5.16. The molecule has 0 amide bonds. The standard InChI is InChI=1S/C6H10Cl2O8/c9-7(10,11)15-5-3-1-2-4-6(5)16-8(12,13)14/h5-6H,1-4H2. The van der Waals surface area contributed by atoms with E-state index in [1.807, 2.05) is 0 Å². The van der Waals surface area contributed by atoms with Gasteiger partial charge in [-0.05, 0) is 25.7 Å². The fourth-order valence-corrected chi connectivity index (χ4v) is 2.52. The van der Waals surface area contributed by atoms with Crippen LogP contribution in [0.5, 0.6) is 0 Å². The maximum absolute atomic E-state index is 10.3. The molecule has 1 fully saturated rings. The van der Waals surface area contributed by atoms with Crippen molar-refractivity contribution in [2.24, 2.45) is 0 Å². The van der Waals surface area contributed by atoms with Crippen LogP contribution in [0.2, 0.25) is 0 Å². The minimum atomic E-state index is -4.67. The van der Waals surface area contributed by atoms with Crippen LogP contribution in [0.25, 0.3) is 0 Å². The molecule has 0 bridgehead atoms. The van der Waals surface area contributed by atoms with Crippen molar-refractivity contribution < 1.29 is 57.0 Å². The van der Waals surface area contributed by atoms with Crippen molar-refractivity contribution in [1.29, 1.82) is 0 Å². The van der Waals surface area contributed by atoms with Gasteiger partial charge in [0.25, 0.3) is 12.2 Å². The number of rotatable bonds is 4. The first-order chi connectivity index (χ1) is 7.17. The third-order valence-electron chi connectivity index (χ3n) is 2.09. The normalized spacial score (nSPS) is 28.1. The molecule has 1 aliphatic rings. The van der Waals surface area contributed by atoms with Crippen molar-refractivity contribution in [2.45, 2.75) is 37.9 Å². The van der Waals surface area contributed by atoms with Crippen molar-refractivity contribution in [3.63, 3.8) is 0 Å². The molecule has 0 spiro atoms. The zero-order valence-electron chi connectivity index (χ0n) is 8.01. The van der Waals surface area contributed by atoms with Crippen LogP contribution in [0.4, 0.5) is 0 Å². The van der Waals surface area contributed by atoms with Crippen LogP contribution in [0.1, 0.15) is 25.7 Å². The fourth-order valence-electron chi connectivity index (χ4n) is 1.55. The highest BCUT2D eigenvalue weighted by Crippen LogP contribution is 2.26. The minimum Gasteiger partial charge on any atom is -0.183 e. The molecule has 0 aliphatic heterocycles. The number of hydrogen-bond donors (Lipinski definition) is 0. The molecule has 1 saturated carbocycles. The third-order valence-corrected chi connectivity index (χ3v) is 2.98. The Morgan fingerprint density at radius 1 is 0.688 bits per heavy atom. The first-order valence-corrected chi connectivity index (χ1v) is 6.82. The second-order valence-electron chi connectivity index (χ2n) is 3.30. The van der Waals surface area contributed by atoms with Crippen LogP contribution in [0, 0.1) is 20.5 Å². The Hall–Kier alpha value is 0.260. The quantitative estimate of drug-likeness (QED) is 0.492. The van der Waals surface area contributed by atoms with Crippen molar-refractivity contribution in [3.8, 4) is 0 Å². The third kappa shape index (κ3) is 5.55. The fraction of sp³-hybridized carbons (Fsp3) is 1.00. The smallest absolute Gasteiger partial charge is 0.183 e. The Morgan fingerprint density at radius 2 is 1.00 bits per heavy atom. The Labute approximate surface area is 95.5 Å². The summed E-state index contributed by atoms with van der Waals surface area (Å²) in [6, 6.07) is 0. The molecule has 8 nitrogen and oxygen atoms in total. The van der Waals surface area contributed by atoms with E-state index in [1.54, 1.807) is 0 Å². The van der Waals surface area contributed by atoms with Gasteiger partial charge in [0.05, 0.1) is 29.1 Å². The van der Waals surface area contributed by atoms with E-state index in [2.05, 4.69) is 8.58 Å². The molecular weight excluding hydrogens is 271 g/mol. The summed E-state index contributed by atoms with van der Waals surface area (Å²) in [6.07, 6.45) is -1.05. The SMILES string of the molecule is [O-][Cl+3]([O-])([O-])OC1CCCCC1O[Cl+3]([O-])([O-])[O-]. The first-order valence-electron chi connectivity index (χ1n) is 4.36. The highest BCUT2D eigenvalue weighted by molar-refractivity contribution is 4.74. The summed E-state index contributed by atoms with van der Waals surface area (Å²) >= 11 is 0. The summed E-state index contributed by atoms with van der Waals surface area (Å²) in [4.78, 5) is 0. The van der Waals surface area contributed by atoms with Gasteiger partial charge >= 0.3 is 0 Å². The summed E-state index contributed by atoms with van der Waals surface area (Å²) in [5, 5.41) is 0. The van der Waals surface area contributed by atoms with Gasteiger partial charge in [-0.25, -0.2) is 0 Å². The van der Waals surface area contributed by atoms with E-state index in [9.17, 15) is 28.0 Å². The molecule has 1 rings (SSSR count). The van der Waals surface area contributed by atoms with E-state index in [1.165, 1.54) is 0 Å². The topological polar surface area (TPSA) is 157 Å². The summed E-state index contributed by atoms with van der Waals surface area (Å²) in [7, 11) is -9.33. The lowest BCUT2D eigenvalue weighted by Gasteiger charge is -2.26. The largest absolute Gasteiger partial charge is 0.255 e. The van der Waals surface area contributed by atoms with Gasteiger partial charge in [-0.1, -0.05) is 0 Å². The Morgan fingerprint density at radius 3 is 1.25 bits per heavy atom. The van der Waals surface area contributed by atoms with Crippen molar-refractivity contribution >= 4 is 0 Å². The summed E-state index contributed by atoms with van der Waals surface area (Å²) < 4.78 is 70.1. The molecule has 0 saturated heterocycles. The molecule has 0 aromatic carbocycles. The molecular formula is C6H10Cl2O8. The van der Waals surface area contributed by atoms with E-state index in [4.69, 9.17) is 0 Å². The lowest BCUT2D eigenvalue weighted by molar-refractivity contribution is -1.92. The van der Waals surface area contributed by atoms with Crippen LogP contribution in [-0.2, 0) is 8.58 Å². The van der Waals surface area contributed by atoms with E-state index >= 15 is 0 Å². The van der Waals surface area contributed by atoms with Gasteiger partial charge in [0, 0.05) is 0 Å². The van der Waals surface area contributed by atoms with Crippen LogP contribution < -0.4 is 28.0 Å². The second kappa shape index (κ2) is 5.27. The maximum Gasteiger partial charge on any atom is 0.255 e. The Balaban J connectivity index is 2.57. The van der Waals surface area contributed by atoms with E-state index < -0.39 is 32.7 Å².